The van der Waals surface area contributed by atoms with Gasteiger partial charge in [0.05, 0.1) is 24.5 Å². The molecule has 2 aromatic heterocycles. The monoisotopic (exact) mass is 313 g/mol. The van der Waals surface area contributed by atoms with Gasteiger partial charge < -0.3 is 10.2 Å². The van der Waals surface area contributed by atoms with E-state index in [0.29, 0.717) is 18.4 Å². The van der Waals surface area contributed by atoms with E-state index in [1.54, 1.807) is 12.4 Å². The van der Waals surface area contributed by atoms with Crippen LogP contribution in [-0.4, -0.2) is 37.8 Å². The van der Waals surface area contributed by atoms with Crippen LogP contribution in [0.15, 0.2) is 36.9 Å². The molecular weight excluding hydrogens is 297 g/mol. The normalized spacial score (nSPS) is 24.0. The molecule has 1 amide bonds. The van der Waals surface area contributed by atoms with Crippen molar-refractivity contribution in [2.75, 3.05) is 5.32 Å². The van der Waals surface area contributed by atoms with Gasteiger partial charge >= 0.3 is 0 Å². The van der Waals surface area contributed by atoms with Crippen LogP contribution in [0, 0.1) is 5.82 Å². The Bertz CT molecular complexity index is 704. The number of nitrogens with zero attached hydrogens (tertiary/aromatic N) is 4. The topological polar surface area (TPSA) is 71.0 Å². The van der Waals surface area contributed by atoms with Crippen LogP contribution in [0.25, 0.3) is 0 Å². The SMILES string of the molecule is O=C1C[C@@H](Nc2ncc(F)cn2)[C@H](c2cccnc2)N1C1CC1. The zero-order valence-electron chi connectivity index (χ0n) is 12.4. The average molecular weight is 313 g/mol. The summed E-state index contributed by atoms with van der Waals surface area (Å²) in [5, 5.41) is 3.18. The van der Waals surface area contributed by atoms with E-state index < -0.39 is 5.82 Å². The van der Waals surface area contributed by atoms with Gasteiger partial charge in [0.15, 0.2) is 5.82 Å². The number of aromatic nitrogens is 3. The first-order valence-corrected chi connectivity index (χ1v) is 7.67. The van der Waals surface area contributed by atoms with Crippen LogP contribution in [-0.2, 0) is 4.79 Å². The molecule has 1 saturated carbocycles. The van der Waals surface area contributed by atoms with Crippen LogP contribution < -0.4 is 5.32 Å². The number of pyridine rings is 1. The fraction of sp³-hybridized carbons (Fsp3) is 0.375. The van der Waals surface area contributed by atoms with Crippen molar-refractivity contribution >= 4 is 11.9 Å². The zero-order valence-corrected chi connectivity index (χ0v) is 12.4. The van der Waals surface area contributed by atoms with Gasteiger partial charge in [-0.1, -0.05) is 6.07 Å². The number of hydrogen-bond acceptors (Lipinski definition) is 5. The molecule has 1 aliphatic carbocycles. The molecule has 2 aliphatic rings. The van der Waals surface area contributed by atoms with Crippen molar-refractivity contribution in [3.63, 3.8) is 0 Å². The van der Waals surface area contributed by atoms with E-state index >= 15 is 0 Å². The maximum absolute atomic E-state index is 13.0. The number of nitrogens with one attached hydrogen (secondary N) is 1. The molecular formula is C16H16FN5O. The molecule has 2 atom stereocenters. The second kappa shape index (κ2) is 5.57. The van der Waals surface area contributed by atoms with Gasteiger partial charge in [-0.2, -0.15) is 0 Å². The highest BCUT2D eigenvalue weighted by Gasteiger charge is 2.47. The Morgan fingerprint density at radius 3 is 2.65 bits per heavy atom. The first kappa shape index (κ1) is 14.0. The third kappa shape index (κ3) is 2.74. The Kier molecular flexibility index (Phi) is 3.40. The molecule has 23 heavy (non-hydrogen) atoms. The molecule has 1 aliphatic heterocycles. The molecule has 1 saturated heterocycles. The minimum atomic E-state index is -0.485. The number of carbonyl (C=O) groups is 1. The molecule has 2 aromatic rings. The Balaban J connectivity index is 1.64. The second-order valence-corrected chi connectivity index (χ2v) is 5.94. The van der Waals surface area contributed by atoms with Crippen molar-refractivity contribution in [2.45, 2.75) is 37.4 Å². The summed E-state index contributed by atoms with van der Waals surface area (Å²) in [6, 6.07) is 3.91. The lowest BCUT2D eigenvalue weighted by atomic mass is 10.0. The fourth-order valence-corrected chi connectivity index (χ4v) is 3.16. The van der Waals surface area contributed by atoms with Gasteiger partial charge in [-0.25, -0.2) is 14.4 Å². The molecule has 2 fully saturated rings. The molecule has 7 heteroatoms. The lowest BCUT2D eigenvalue weighted by molar-refractivity contribution is -0.129. The molecule has 0 spiro atoms. The van der Waals surface area contributed by atoms with E-state index in [4.69, 9.17) is 0 Å². The van der Waals surface area contributed by atoms with Crippen LogP contribution in [0.5, 0.6) is 0 Å². The van der Waals surface area contributed by atoms with Gasteiger partial charge in [0, 0.05) is 24.9 Å². The lowest BCUT2D eigenvalue weighted by Gasteiger charge is -2.28. The van der Waals surface area contributed by atoms with Crippen LogP contribution >= 0.6 is 0 Å². The predicted molar refractivity (Wildman–Crippen MR) is 80.9 cm³/mol. The third-order valence-electron chi connectivity index (χ3n) is 4.26. The van der Waals surface area contributed by atoms with Gasteiger partial charge in [0.2, 0.25) is 11.9 Å². The minimum absolute atomic E-state index is 0.0997. The highest BCUT2D eigenvalue weighted by atomic mass is 19.1. The number of anilines is 1. The molecule has 0 radical (unpaired) electrons. The quantitative estimate of drug-likeness (QED) is 0.934. The maximum Gasteiger partial charge on any atom is 0.225 e. The van der Waals surface area contributed by atoms with E-state index in [-0.39, 0.29) is 18.0 Å². The van der Waals surface area contributed by atoms with E-state index in [2.05, 4.69) is 20.3 Å². The Labute approximate surface area is 132 Å². The van der Waals surface area contributed by atoms with E-state index in [9.17, 15) is 9.18 Å². The van der Waals surface area contributed by atoms with Crippen LogP contribution in [0.1, 0.15) is 30.9 Å². The van der Waals surface area contributed by atoms with Crippen molar-refractivity contribution in [2.24, 2.45) is 0 Å². The summed E-state index contributed by atoms with van der Waals surface area (Å²) >= 11 is 0. The number of rotatable bonds is 4. The van der Waals surface area contributed by atoms with E-state index in [0.717, 1.165) is 30.8 Å². The molecule has 0 unspecified atom stereocenters. The van der Waals surface area contributed by atoms with Gasteiger partial charge in [0.1, 0.15) is 0 Å². The number of amides is 1. The number of carbonyl (C=O) groups excluding carboxylic acids is 1. The van der Waals surface area contributed by atoms with Gasteiger partial charge in [-0.15, -0.1) is 0 Å². The van der Waals surface area contributed by atoms with E-state index in [1.165, 1.54) is 0 Å². The summed E-state index contributed by atoms with van der Waals surface area (Å²) in [4.78, 5) is 26.5. The molecule has 6 nitrogen and oxygen atoms in total. The van der Waals surface area contributed by atoms with E-state index in [1.807, 2.05) is 17.0 Å². The Morgan fingerprint density at radius 1 is 1.22 bits per heavy atom. The standard InChI is InChI=1S/C16H16FN5O/c17-11-8-19-16(20-9-11)21-13-6-14(23)22(12-3-4-12)15(13)10-2-1-5-18-7-10/h1-2,5,7-9,12-13,15H,3-4,6H2,(H,19,20,21)/t13-,15+/m1/s1. The first-order chi connectivity index (χ1) is 11.2. The summed E-state index contributed by atoms with van der Waals surface area (Å²) in [6.45, 7) is 0. The highest BCUT2D eigenvalue weighted by Crippen LogP contribution is 2.42. The molecule has 0 bridgehead atoms. The maximum atomic E-state index is 13.0. The number of likely N-dealkylation sites (tertiary alicyclic amines) is 1. The summed E-state index contributed by atoms with van der Waals surface area (Å²) in [5.41, 5.74) is 0.991. The van der Waals surface area contributed by atoms with Crippen molar-refractivity contribution in [1.29, 1.82) is 0 Å². The molecule has 118 valence electrons. The summed E-state index contributed by atoms with van der Waals surface area (Å²) in [5.74, 6) is -0.0295. The lowest BCUT2D eigenvalue weighted by Crippen LogP contribution is -2.34. The average Bonchev–Trinajstić information content (AvgIpc) is 3.34. The fourth-order valence-electron chi connectivity index (χ4n) is 3.16. The van der Waals surface area contributed by atoms with Gasteiger partial charge in [0.25, 0.3) is 0 Å². The Hall–Kier alpha value is -2.57. The highest BCUT2D eigenvalue weighted by molar-refractivity contribution is 5.81. The summed E-state index contributed by atoms with van der Waals surface area (Å²) in [7, 11) is 0. The largest absolute Gasteiger partial charge is 0.349 e. The smallest absolute Gasteiger partial charge is 0.225 e. The zero-order chi connectivity index (χ0) is 15.8. The molecule has 1 N–H and O–H groups in total. The van der Waals surface area contributed by atoms with Crippen molar-refractivity contribution in [1.82, 2.24) is 19.9 Å². The summed E-state index contributed by atoms with van der Waals surface area (Å²) in [6.07, 6.45) is 8.20. The minimum Gasteiger partial charge on any atom is -0.349 e. The molecule has 3 heterocycles. The third-order valence-corrected chi connectivity index (χ3v) is 4.26. The van der Waals surface area contributed by atoms with Gasteiger partial charge in [-0.05, 0) is 24.5 Å². The van der Waals surface area contributed by atoms with Gasteiger partial charge in [-0.3, -0.25) is 9.78 Å². The Morgan fingerprint density at radius 2 is 2.00 bits per heavy atom. The predicted octanol–water partition coefficient (Wildman–Crippen LogP) is 1.93. The number of hydrogen-bond donors (Lipinski definition) is 1. The second-order valence-electron chi connectivity index (χ2n) is 5.94. The van der Waals surface area contributed by atoms with Crippen molar-refractivity contribution in [3.8, 4) is 0 Å². The summed E-state index contributed by atoms with van der Waals surface area (Å²) < 4.78 is 13.0. The molecule has 4 rings (SSSR count). The molecule has 0 aromatic carbocycles. The van der Waals surface area contributed by atoms with Crippen LogP contribution in [0.4, 0.5) is 10.3 Å². The van der Waals surface area contributed by atoms with Crippen molar-refractivity contribution in [3.05, 3.63) is 48.3 Å². The van der Waals surface area contributed by atoms with Crippen LogP contribution in [0.3, 0.4) is 0 Å². The van der Waals surface area contributed by atoms with Crippen LogP contribution in [0.2, 0.25) is 0 Å². The number of halogens is 1. The first-order valence-electron chi connectivity index (χ1n) is 7.67. The van der Waals surface area contributed by atoms with Crippen molar-refractivity contribution < 1.29 is 9.18 Å².